The van der Waals surface area contributed by atoms with Crippen molar-refractivity contribution in [3.63, 3.8) is 0 Å². The molecule has 0 radical (unpaired) electrons. The number of pyridine rings is 1. The fraction of sp³-hybridized carbons (Fsp3) is 0.574. The van der Waals surface area contributed by atoms with E-state index in [9.17, 15) is 13.6 Å². The fourth-order valence-corrected chi connectivity index (χ4v) is 15.9. The second kappa shape index (κ2) is 17.0. The lowest BCUT2D eigenvalue weighted by Gasteiger charge is -2.38. The maximum atomic E-state index is 17.5. The average Bonchev–Trinajstić information content (AvgIpc) is 3.89. The van der Waals surface area contributed by atoms with Crippen LogP contribution < -0.4 is 9.64 Å². The quantitative estimate of drug-likeness (QED) is 0.0886. The number of likely N-dealkylation sites (N-methyl/N-ethyl adjacent to an activating group) is 1. The molecule has 0 spiro atoms. The van der Waals surface area contributed by atoms with Crippen LogP contribution in [0.4, 0.5) is 28.2 Å². The van der Waals surface area contributed by atoms with Gasteiger partial charge in [-0.3, -0.25) is 9.88 Å². The molecule has 0 bridgehead atoms. The lowest BCUT2D eigenvalue weighted by molar-refractivity contribution is 0.0199. The summed E-state index contributed by atoms with van der Waals surface area (Å²) < 4.78 is 75.3. The second-order valence-electron chi connectivity index (χ2n) is 19.2. The summed E-state index contributed by atoms with van der Waals surface area (Å²) >= 11 is 0. The molecule has 1 amide bonds. The zero-order valence-corrected chi connectivity index (χ0v) is 38.2. The molecule has 0 aliphatic carbocycles. The molecule has 4 atom stereocenters. The molecular weight excluding hydrogens is 801 g/mol. The third-order valence-electron chi connectivity index (χ3n) is 13.5. The number of anilines is 1. The van der Waals surface area contributed by atoms with Crippen LogP contribution in [0.2, 0.25) is 16.6 Å². The third-order valence-corrected chi connectivity index (χ3v) is 19.8. The van der Waals surface area contributed by atoms with Crippen molar-refractivity contribution >= 4 is 41.7 Å². The molecular formula is C47H60F4N6O3Si. The molecule has 4 aromatic rings. The van der Waals surface area contributed by atoms with Crippen LogP contribution in [-0.4, -0.2) is 108 Å². The molecule has 61 heavy (non-hydrogen) atoms. The van der Waals surface area contributed by atoms with Gasteiger partial charge in [0, 0.05) is 43.7 Å². The Kier molecular flexibility index (Phi) is 12.4. The van der Waals surface area contributed by atoms with E-state index in [0.717, 1.165) is 19.4 Å². The highest BCUT2D eigenvalue weighted by Crippen LogP contribution is 2.43. The van der Waals surface area contributed by atoms with E-state index in [1.165, 1.54) is 17.2 Å². The van der Waals surface area contributed by atoms with Crippen molar-refractivity contribution in [2.75, 3.05) is 44.9 Å². The lowest BCUT2D eigenvalue weighted by Crippen LogP contribution is -2.48. The van der Waals surface area contributed by atoms with Crippen molar-refractivity contribution in [3.8, 4) is 28.7 Å². The van der Waals surface area contributed by atoms with E-state index in [2.05, 4.69) is 67.9 Å². The highest BCUT2D eigenvalue weighted by Gasteiger charge is 2.50. The van der Waals surface area contributed by atoms with Crippen LogP contribution in [0.5, 0.6) is 6.01 Å². The minimum atomic E-state index is -2.29. The molecule has 0 unspecified atom stereocenters. The average molecular weight is 861 g/mol. The topological polar surface area (TPSA) is 83.9 Å². The summed E-state index contributed by atoms with van der Waals surface area (Å²) in [6.45, 7) is 19.0. The summed E-state index contributed by atoms with van der Waals surface area (Å²) in [6.07, 6.45) is 2.22. The van der Waals surface area contributed by atoms with Gasteiger partial charge in [-0.25, -0.2) is 22.4 Å². The van der Waals surface area contributed by atoms with Crippen LogP contribution in [0.1, 0.15) is 93.6 Å². The number of nitrogens with zero attached hydrogens (tertiary/aromatic N) is 6. The maximum absolute atomic E-state index is 17.5. The first-order valence-corrected chi connectivity index (χ1v) is 24.0. The van der Waals surface area contributed by atoms with Gasteiger partial charge in [0.1, 0.15) is 56.0 Å². The van der Waals surface area contributed by atoms with E-state index >= 15 is 8.78 Å². The molecule has 2 aromatic heterocycles. The third kappa shape index (κ3) is 8.17. The first-order valence-electron chi connectivity index (χ1n) is 21.7. The summed E-state index contributed by atoms with van der Waals surface area (Å²) in [5.41, 5.74) is 3.67. The maximum Gasteiger partial charge on any atom is 0.410 e. The smallest absolute Gasteiger partial charge is 0.410 e. The number of hydrogen-bond acceptors (Lipinski definition) is 8. The number of alkyl halides is 2. The molecule has 14 heteroatoms. The van der Waals surface area contributed by atoms with Crippen molar-refractivity contribution in [1.29, 1.82) is 0 Å². The predicted molar refractivity (Wildman–Crippen MR) is 236 cm³/mol. The number of fused-ring (bicyclic) bond motifs is 3. The van der Waals surface area contributed by atoms with E-state index in [1.807, 2.05) is 6.07 Å². The van der Waals surface area contributed by atoms with Gasteiger partial charge in [-0.1, -0.05) is 71.7 Å². The minimum absolute atomic E-state index is 0.0553. The standard InChI is InChI=1S/C47H60F4N6O3Si/c1-28(2)61(29(3)4,30(5)6)22-18-33-36(50)16-15-31-13-11-14-34(39(31)33)41-40(51)42-35(25-52-41)43(54-44(53-42)59-27-47-19-12-20-56(47)26-32(49)23-47)55(10)37-17-21-57(38(37)24-48)45(58)60-46(7,8)9/h11,13-16,25,28-30,32,37-38H,12,17,19-21,23-24,26-27H2,1-10H3/t32-,37-,38-,47+/m1/s1. The van der Waals surface area contributed by atoms with E-state index in [4.69, 9.17) is 14.5 Å². The number of benzene rings is 2. The molecule has 3 aliphatic rings. The number of halogens is 4. The van der Waals surface area contributed by atoms with Crippen molar-refractivity contribution < 1.29 is 31.8 Å². The van der Waals surface area contributed by atoms with Gasteiger partial charge in [0.2, 0.25) is 0 Å². The molecule has 0 N–H and O–H groups in total. The largest absolute Gasteiger partial charge is 0.461 e. The van der Waals surface area contributed by atoms with Gasteiger partial charge in [-0.15, -0.1) is 5.54 Å². The highest BCUT2D eigenvalue weighted by atomic mass is 28.3. The first-order chi connectivity index (χ1) is 28.8. The monoisotopic (exact) mass is 860 g/mol. The molecule has 0 saturated carbocycles. The number of hydrogen-bond donors (Lipinski definition) is 0. The molecule has 3 aliphatic heterocycles. The predicted octanol–water partition coefficient (Wildman–Crippen LogP) is 10.4. The van der Waals surface area contributed by atoms with Crippen LogP contribution >= 0.6 is 0 Å². The minimum Gasteiger partial charge on any atom is -0.461 e. The number of amides is 1. The Bertz CT molecular complexity index is 2340. The zero-order valence-electron chi connectivity index (χ0n) is 37.2. The van der Waals surface area contributed by atoms with E-state index in [1.54, 1.807) is 50.9 Å². The van der Waals surface area contributed by atoms with Crippen LogP contribution in [0, 0.1) is 23.1 Å². The van der Waals surface area contributed by atoms with E-state index < -0.39 is 61.9 Å². The summed E-state index contributed by atoms with van der Waals surface area (Å²) in [6, 6.07) is 6.83. The van der Waals surface area contributed by atoms with Crippen LogP contribution in [0.3, 0.4) is 0 Å². The zero-order chi connectivity index (χ0) is 44.2. The number of carbonyl (C=O) groups is 1. The summed E-state index contributed by atoms with van der Waals surface area (Å²) in [5, 5.41) is 1.37. The number of carbonyl (C=O) groups excluding carboxylic acids is 1. The van der Waals surface area contributed by atoms with Gasteiger partial charge in [-0.05, 0) is 74.7 Å². The fourth-order valence-electron chi connectivity index (χ4n) is 10.6. The Balaban J connectivity index is 1.37. The molecule has 3 saturated heterocycles. The van der Waals surface area contributed by atoms with Crippen LogP contribution in [-0.2, 0) is 4.74 Å². The van der Waals surface area contributed by atoms with Gasteiger partial charge < -0.3 is 19.3 Å². The number of aromatic nitrogens is 3. The Morgan fingerprint density at radius 1 is 1.05 bits per heavy atom. The summed E-state index contributed by atoms with van der Waals surface area (Å²) in [7, 11) is -0.567. The molecule has 9 nitrogen and oxygen atoms in total. The van der Waals surface area contributed by atoms with Crippen molar-refractivity contribution in [2.24, 2.45) is 0 Å². The lowest BCUT2D eigenvalue weighted by atomic mass is 9.95. The number of ether oxygens (including phenoxy) is 2. The second-order valence-corrected chi connectivity index (χ2v) is 24.8. The van der Waals surface area contributed by atoms with Crippen LogP contribution in [0.25, 0.3) is 32.9 Å². The molecule has 2 aromatic carbocycles. The van der Waals surface area contributed by atoms with Gasteiger partial charge >= 0.3 is 12.1 Å². The van der Waals surface area contributed by atoms with Gasteiger partial charge in [0.05, 0.1) is 28.6 Å². The van der Waals surface area contributed by atoms with Gasteiger partial charge in [-0.2, -0.15) is 9.97 Å². The molecule has 3 fully saturated rings. The summed E-state index contributed by atoms with van der Waals surface area (Å²) in [4.78, 5) is 32.6. The normalized spacial score (nSPS) is 22.1. The first kappa shape index (κ1) is 44.6. The molecule has 328 valence electrons. The summed E-state index contributed by atoms with van der Waals surface area (Å²) in [5.74, 6) is 2.26. The highest BCUT2D eigenvalue weighted by molar-refractivity contribution is 6.90. The Morgan fingerprint density at radius 3 is 2.44 bits per heavy atom. The van der Waals surface area contributed by atoms with Crippen molar-refractivity contribution in [1.82, 2.24) is 24.8 Å². The number of rotatable bonds is 10. The Hall–Kier alpha value is -4.48. The Morgan fingerprint density at radius 2 is 1.77 bits per heavy atom. The van der Waals surface area contributed by atoms with Gasteiger partial charge in [0.25, 0.3) is 0 Å². The van der Waals surface area contributed by atoms with Crippen molar-refractivity contribution in [2.45, 2.75) is 134 Å². The molecule has 5 heterocycles. The molecule has 7 rings (SSSR count). The van der Waals surface area contributed by atoms with Gasteiger partial charge in [0.15, 0.2) is 5.82 Å². The number of likely N-dealkylation sites (tertiary alicyclic amines) is 1. The van der Waals surface area contributed by atoms with E-state index in [-0.39, 0.29) is 47.1 Å². The van der Waals surface area contributed by atoms with Crippen LogP contribution in [0.15, 0.2) is 36.5 Å². The van der Waals surface area contributed by atoms with E-state index in [0.29, 0.717) is 52.3 Å². The Labute approximate surface area is 358 Å². The van der Waals surface area contributed by atoms with Crippen molar-refractivity contribution in [3.05, 3.63) is 53.7 Å². The SMILES string of the molecule is CC(C)[Si](C#Cc1c(F)ccc2cccc(-c3ncc4c(N(C)[C@@H]5CCN(C(=O)OC(C)(C)C)[C@@H]5CF)nc(OC[C@@]56CCCN5C[C@H](F)C6)nc4c3F)c12)(C(C)C)C(C)C.